The van der Waals surface area contributed by atoms with Gasteiger partial charge in [-0.1, -0.05) is 0 Å². The fourth-order valence-electron chi connectivity index (χ4n) is 2.09. The molecule has 1 aliphatic rings. The number of nitrogens with two attached hydrogens (primary N) is 1. The van der Waals surface area contributed by atoms with Crippen molar-refractivity contribution in [3.05, 3.63) is 0 Å². The molecule has 1 heterocycles. The number of quaternary nitrogens is 1. The summed E-state index contributed by atoms with van der Waals surface area (Å²) >= 11 is 4.25. The van der Waals surface area contributed by atoms with E-state index in [1.54, 1.807) is 0 Å². The van der Waals surface area contributed by atoms with Gasteiger partial charge in [0.2, 0.25) is 0 Å². The van der Waals surface area contributed by atoms with Crippen molar-refractivity contribution >= 4 is 12.6 Å². The lowest BCUT2D eigenvalue weighted by molar-refractivity contribution is -0.932. The van der Waals surface area contributed by atoms with Crippen molar-refractivity contribution in [1.29, 1.82) is 0 Å². The Labute approximate surface area is 81.1 Å². The van der Waals surface area contributed by atoms with Gasteiger partial charge in [-0.05, 0) is 25.0 Å². The van der Waals surface area contributed by atoms with Gasteiger partial charge < -0.3 is 4.48 Å². The monoisotopic (exact) mass is 189 g/mol. The first-order valence-corrected chi connectivity index (χ1v) is 5.62. The highest BCUT2D eigenvalue weighted by molar-refractivity contribution is 7.80. The highest BCUT2D eigenvalue weighted by Gasteiger charge is 2.27. The minimum absolute atomic E-state index is 0.827. The molecule has 0 radical (unpaired) electrons. The summed E-state index contributed by atoms with van der Waals surface area (Å²) in [5.74, 6) is 1.00. The van der Waals surface area contributed by atoms with Crippen molar-refractivity contribution in [1.82, 2.24) is 0 Å². The predicted octanol–water partition coefficient (Wildman–Crippen LogP) is 1.22. The molecule has 3 heteroatoms. The van der Waals surface area contributed by atoms with Crippen LogP contribution >= 0.6 is 12.6 Å². The van der Waals surface area contributed by atoms with Gasteiger partial charge in [-0.15, -0.1) is 0 Å². The third kappa shape index (κ3) is 2.64. The maximum Gasteiger partial charge on any atom is 0.130 e. The zero-order valence-corrected chi connectivity index (χ0v) is 8.73. The molecule has 0 saturated carbocycles. The first-order chi connectivity index (χ1) is 5.83. The van der Waals surface area contributed by atoms with Crippen LogP contribution in [0.2, 0.25) is 0 Å². The third-order valence-corrected chi connectivity index (χ3v) is 3.26. The van der Waals surface area contributed by atoms with E-state index in [-0.39, 0.29) is 0 Å². The summed E-state index contributed by atoms with van der Waals surface area (Å²) in [6.07, 6.45) is 5.34. The highest BCUT2D eigenvalue weighted by Crippen LogP contribution is 2.17. The molecule has 1 rings (SSSR count). The fourth-order valence-corrected chi connectivity index (χ4v) is 2.23. The molecule has 0 aromatic carbocycles. The second-order valence-electron chi connectivity index (χ2n) is 3.83. The van der Waals surface area contributed by atoms with Crippen molar-refractivity contribution in [3.63, 3.8) is 0 Å². The van der Waals surface area contributed by atoms with Crippen LogP contribution in [-0.4, -0.2) is 36.5 Å². The first kappa shape index (κ1) is 10.4. The quantitative estimate of drug-likeness (QED) is 0.505. The van der Waals surface area contributed by atoms with Gasteiger partial charge in [-0.25, -0.2) is 0 Å². The summed E-state index contributed by atoms with van der Waals surface area (Å²) in [5, 5.41) is 0. The normalized spacial score (nSPS) is 22.5. The van der Waals surface area contributed by atoms with Crippen LogP contribution in [0.5, 0.6) is 0 Å². The summed E-state index contributed by atoms with van der Waals surface area (Å²) in [7, 11) is 0. The molecule has 0 atom stereocenters. The molecule has 1 saturated heterocycles. The Hall–Kier alpha value is 0.270. The second kappa shape index (κ2) is 5.10. The lowest BCUT2D eigenvalue weighted by atomic mass is 10.1. The predicted molar refractivity (Wildman–Crippen MR) is 56.2 cm³/mol. The van der Waals surface area contributed by atoms with E-state index in [1.807, 2.05) is 0 Å². The molecule has 0 aromatic rings. The van der Waals surface area contributed by atoms with E-state index in [2.05, 4.69) is 12.6 Å². The minimum atomic E-state index is 0.827. The zero-order valence-electron chi connectivity index (χ0n) is 7.84. The molecule has 1 aliphatic heterocycles. The number of hydrogen-bond donors (Lipinski definition) is 2. The molecule has 0 unspecified atom stereocenters. The summed E-state index contributed by atoms with van der Waals surface area (Å²) in [6.45, 7) is 4.66. The van der Waals surface area contributed by atoms with Crippen LogP contribution < -0.4 is 5.73 Å². The number of likely N-dealkylation sites (tertiary alicyclic amines) is 1. The van der Waals surface area contributed by atoms with Crippen LogP contribution in [0.3, 0.4) is 0 Å². The van der Waals surface area contributed by atoms with E-state index in [4.69, 9.17) is 5.73 Å². The number of hydrogen-bond acceptors (Lipinski definition) is 2. The molecule has 72 valence electrons. The summed E-state index contributed by atoms with van der Waals surface area (Å²) in [4.78, 5) is 0. The van der Waals surface area contributed by atoms with Crippen molar-refractivity contribution in [2.24, 2.45) is 5.73 Å². The van der Waals surface area contributed by atoms with Crippen LogP contribution in [-0.2, 0) is 0 Å². The van der Waals surface area contributed by atoms with Crippen LogP contribution in [0.4, 0.5) is 0 Å². The van der Waals surface area contributed by atoms with Gasteiger partial charge in [-0.3, -0.25) is 5.73 Å². The summed E-state index contributed by atoms with van der Waals surface area (Å²) in [5.41, 5.74) is 5.83. The lowest BCUT2D eigenvalue weighted by Crippen LogP contribution is -2.55. The average molecular weight is 189 g/mol. The van der Waals surface area contributed by atoms with Crippen LogP contribution in [0.25, 0.3) is 0 Å². The number of rotatable bonds is 4. The Kier molecular flexibility index (Phi) is 4.40. The van der Waals surface area contributed by atoms with Gasteiger partial charge in [0.05, 0.1) is 19.6 Å². The number of nitrogens with zero attached hydrogens (tertiary/aromatic N) is 1. The average Bonchev–Trinajstić information content (AvgIpc) is 2.16. The highest BCUT2D eigenvalue weighted by atomic mass is 32.1. The van der Waals surface area contributed by atoms with E-state index >= 15 is 0 Å². The van der Waals surface area contributed by atoms with E-state index in [1.165, 1.54) is 45.3 Å². The molecule has 2 N–H and O–H groups in total. The maximum atomic E-state index is 5.83. The smallest absolute Gasteiger partial charge is 0.130 e. The molecular weight excluding hydrogens is 168 g/mol. The van der Waals surface area contributed by atoms with E-state index in [9.17, 15) is 0 Å². The van der Waals surface area contributed by atoms with E-state index in [0.717, 1.165) is 16.9 Å². The zero-order chi connectivity index (χ0) is 8.86. The van der Waals surface area contributed by atoms with Crippen molar-refractivity contribution in [2.75, 3.05) is 32.1 Å². The molecule has 0 bridgehead atoms. The van der Waals surface area contributed by atoms with Crippen molar-refractivity contribution < 1.29 is 4.48 Å². The SMILES string of the molecule is NC[N+]1(CCCS)CCCCC1. The van der Waals surface area contributed by atoms with E-state index < -0.39 is 0 Å². The van der Waals surface area contributed by atoms with Gasteiger partial charge in [0, 0.05) is 6.42 Å². The molecule has 1 fully saturated rings. The Balaban J connectivity index is 2.37. The van der Waals surface area contributed by atoms with Gasteiger partial charge >= 0.3 is 0 Å². The third-order valence-electron chi connectivity index (χ3n) is 2.94. The van der Waals surface area contributed by atoms with Gasteiger partial charge in [0.15, 0.2) is 0 Å². The molecule has 2 nitrogen and oxygen atoms in total. The topological polar surface area (TPSA) is 26.0 Å². The van der Waals surface area contributed by atoms with Gasteiger partial charge in [0.1, 0.15) is 6.67 Å². The summed E-state index contributed by atoms with van der Waals surface area (Å²) in [6, 6.07) is 0. The number of thiol groups is 1. The molecule has 0 aliphatic carbocycles. The van der Waals surface area contributed by atoms with E-state index in [0.29, 0.717) is 0 Å². The second-order valence-corrected chi connectivity index (χ2v) is 4.28. The standard InChI is InChI=1S/C9H20N2S/c10-9-11(7-4-8-12)5-2-1-3-6-11/h1-10H2/p+1. The van der Waals surface area contributed by atoms with Crippen LogP contribution in [0.1, 0.15) is 25.7 Å². The molecule has 0 amide bonds. The minimum Gasteiger partial charge on any atom is -0.311 e. The van der Waals surface area contributed by atoms with Gasteiger partial charge in [0.25, 0.3) is 0 Å². The van der Waals surface area contributed by atoms with Crippen molar-refractivity contribution in [2.45, 2.75) is 25.7 Å². The van der Waals surface area contributed by atoms with Crippen molar-refractivity contribution in [3.8, 4) is 0 Å². The summed E-state index contributed by atoms with van der Waals surface area (Å²) < 4.78 is 1.15. The van der Waals surface area contributed by atoms with Crippen LogP contribution in [0.15, 0.2) is 0 Å². The number of piperidine rings is 1. The molecule has 12 heavy (non-hydrogen) atoms. The lowest BCUT2D eigenvalue weighted by Gasteiger charge is -2.40. The van der Waals surface area contributed by atoms with Crippen LogP contribution in [0, 0.1) is 0 Å². The Morgan fingerprint density at radius 2 is 1.83 bits per heavy atom. The molecular formula is C9H21N2S+. The maximum absolute atomic E-state index is 5.83. The Morgan fingerprint density at radius 1 is 1.17 bits per heavy atom. The Morgan fingerprint density at radius 3 is 2.33 bits per heavy atom. The van der Waals surface area contributed by atoms with Gasteiger partial charge in [-0.2, -0.15) is 12.6 Å². The first-order valence-electron chi connectivity index (χ1n) is 4.99. The fraction of sp³-hybridized carbons (Fsp3) is 1.00. The molecule has 0 spiro atoms. The Bertz CT molecular complexity index is 122. The largest absolute Gasteiger partial charge is 0.311 e. The molecule has 0 aromatic heterocycles.